The number of nitrogens with zero attached hydrogens (tertiary/aromatic N) is 3. The molecule has 0 bridgehead atoms. The largest absolute Gasteiger partial charge is 0.351 e. The lowest BCUT2D eigenvalue weighted by Gasteiger charge is -2.27. The summed E-state index contributed by atoms with van der Waals surface area (Å²) in [5.41, 5.74) is 3.40. The zero-order valence-electron chi connectivity index (χ0n) is 11.1. The number of anilines is 2. The standard InChI is InChI=1S/C13H15Cl2N5/c1-8(9-5-3-4-6-10(9)14)20(2)12-11(15)7-17-13(18-12)19-16/h3-8H,16H2,1-2H3,(H,17,18,19). The molecule has 0 aliphatic heterocycles. The average molecular weight is 312 g/mol. The number of aromatic nitrogens is 2. The van der Waals surface area contributed by atoms with Crippen LogP contribution in [0.25, 0.3) is 0 Å². The highest BCUT2D eigenvalue weighted by Gasteiger charge is 2.19. The van der Waals surface area contributed by atoms with Crippen LogP contribution in [0.1, 0.15) is 18.5 Å². The normalized spacial score (nSPS) is 12.1. The molecule has 1 unspecified atom stereocenters. The third kappa shape index (κ3) is 2.95. The van der Waals surface area contributed by atoms with E-state index in [0.717, 1.165) is 5.56 Å². The second-order valence-corrected chi connectivity index (χ2v) is 5.13. The van der Waals surface area contributed by atoms with E-state index in [0.29, 0.717) is 21.8 Å². The van der Waals surface area contributed by atoms with Crippen LogP contribution in [0, 0.1) is 0 Å². The maximum Gasteiger partial charge on any atom is 0.239 e. The topological polar surface area (TPSA) is 67.1 Å². The summed E-state index contributed by atoms with van der Waals surface area (Å²) in [5.74, 6) is 6.22. The molecular formula is C13H15Cl2N5. The van der Waals surface area contributed by atoms with Crippen LogP contribution in [-0.4, -0.2) is 17.0 Å². The Balaban J connectivity index is 2.36. The number of hydrogen-bond donors (Lipinski definition) is 2. The summed E-state index contributed by atoms with van der Waals surface area (Å²) in [6.07, 6.45) is 1.51. The van der Waals surface area contributed by atoms with Crippen molar-refractivity contribution < 1.29 is 0 Å². The monoisotopic (exact) mass is 311 g/mol. The van der Waals surface area contributed by atoms with Gasteiger partial charge in [0.25, 0.3) is 0 Å². The van der Waals surface area contributed by atoms with Crippen molar-refractivity contribution in [2.75, 3.05) is 17.4 Å². The van der Waals surface area contributed by atoms with Gasteiger partial charge in [-0.3, -0.25) is 5.43 Å². The Bertz CT molecular complexity index is 605. The number of benzene rings is 1. The van der Waals surface area contributed by atoms with Crippen LogP contribution in [0.2, 0.25) is 10.0 Å². The van der Waals surface area contributed by atoms with E-state index >= 15 is 0 Å². The van der Waals surface area contributed by atoms with Crippen LogP contribution in [0.4, 0.5) is 11.8 Å². The van der Waals surface area contributed by atoms with Gasteiger partial charge >= 0.3 is 0 Å². The van der Waals surface area contributed by atoms with Gasteiger partial charge in [-0.2, -0.15) is 4.98 Å². The molecule has 0 saturated carbocycles. The molecule has 2 aromatic rings. The lowest BCUT2D eigenvalue weighted by atomic mass is 10.1. The predicted molar refractivity (Wildman–Crippen MR) is 83.1 cm³/mol. The lowest BCUT2D eigenvalue weighted by molar-refractivity contribution is 0.728. The first-order valence-electron chi connectivity index (χ1n) is 6.01. The quantitative estimate of drug-likeness (QED) is 0.670. The first-order chi connectivity index (χ1) is 9.54. The number of hydrazine groups is 1. The van der Waals surface area contributed by atoms with E-state index in [4.69, 9.17) is 29.0 Å². The summed E-state index contributed by atoms with van der Waals surface area (Å²) in [4.78, 5) is 10.2. The van der Waals surface area contributed by atoms with Gasteiger partial charge in [0.1, 0.15) is 5.02 Å². The molecule has 0 radical (unpaired) electrons. The summed E-state index contributed by atoms with van der Waals surface area (Å²) >= 11 is 12.4. The van der Waals surface area contributed by atoms with E-state index < -0.39 is 0 Å². The van der Waals surface area contributed by atoms with E-state index in [-0.39, 0.29) is 6.04 Å². The third-order valence-corrected chi connectivity index (χ3v) is 3.74. The van der Waals surface area contributed by atoms with Crippen molar-refractivity contribution in [2.45, 2.75) is 13.0 Å². The van der Waals surface area contributed by atoms with Gasteiger partial charge < -0.3 is 4.90 Å². The molecule has 5 nitrogen and oxygen atoms in total. The Morgan fingerprint density at radius 3 is 2.60 bits per heavy atom. The van der Waals surface area contributed by atoms with Crippen molar-refractivity contribution in [3.05, 3.63) is 46.1 Å². The molecule has 1 aromatic heterocycles. The summed E-state index contributed by atoms with van der Waals surface area (Å²) in [7, 11) is 1.89. The molecule has 1 atom stereocenters. The van der Waals surface area contributed by atoms with Crippen molar-refractivity contribution >= 4 is 35.0 Å². The van der Waals surface area contributed by atoms with Gasteiger partial charge in [0.05, 0.1) is 12.2 Å². The van der Waals surface area contributed by atoms with Crippen LogP contribution < -0.4 is 16.2 Å². The van der Waals surface area contributed by atoms with Crippen LogP contribution in [0.3, 0.4) is 0 Å². The Labute approximate surface area is 127 Å². The average Bonchev–Trinajstić information content (AvgIpc) is 2.47. The highest BCUT2D eigenvalue weighted by molar-refractivity contribution is 6.33. The molecule has 0 aliphatic carbocycles. The molecule has 1 heterocycles. The predicted octanol–water partition coefficient (Wildman–Crippen LogP) is 3.27. The van der Waals surface area contributed by atoms with Gasteiger partial charge in [-0.15, -0.1) is 0 Å². The van der Waals surface area contributed by atoms with Crippen molar-refractivity contribution in [1.29, 1.82) is 0 Å². The Kier molecular flexibility index (Phi) is 4.65. The molecule has 2 rings (SSSR count). The number of halogens is 2. The fraction of sp³-hybridized carbons (Fsp3) is 0.231. The highest BCUT2D eigenvalue weighted by atomic mass is 35.5. The van der Waals surface area contributed by atoms with Crippen LogP contribution in [0.5, 0.6) is 0 Å². The maximum atomic E-state index is 6.22. The van der Waals surface area contributed by atoms with Crippen molar-refractivity contribution in [1.82, 2.24) is 9.97 Å². The number of rotatable bonds is 4. The fourth-order valence-electron chi connectivity index (χ4n) is 1.88. The smallest absolute Gasteiger partial charge is 0.239 e. The van der Waals surface area contributed by atoms with Crippen LogP contribution in [-0.2, 0) is 0 Å². The van der Waals surface area contributed by atoms with Gasteiger partial charge in [0, 0.05) is 12.1 Å². The molecular weight excluding hydrogens is 297 g/mol. The number of nitrogens with one attached hydrogen (secondary N) is 1. The lowest BCUT2D eigenvalue weighted by Crippen LogP contribution is -2.24. The molecule has 3 N–H and O–H groups in total. The molecule has 20 heavy (non-hydrogen) atoms. The minimum atomic E-state index is 0.00160. The summed E-state index contributed by atoms with van der Waals surface area (Å²) in [6.45, 7) is 2.02. The van der Waals surface area contributed by atoms with E-state index in [9.17, 15) is 0 Å². The van der Waals surface area contributed by atoms with Gasteiger partial charge in [-0.1, -0.05) is 41.4 Å². The zero-order valence-corrected chi connectivity index (χ0v) is 12.7. The highest BCUT2D eigenvalue weighted by Crippen LogP contribution is 2.32. The molecule has 0 fully saturated rings. The molecule has 106 valence electrons. The van der Waals surface area contributed by atoms with Gasteiger partial charge in [-0.25, -0.2) is 10.8 Å². The van der Waals surface area contributed by atoms with Gasteiger partial charge in [0.15, 0.2) is 5.82 Å². The summed E-state index contributed by atoms with van der Waals surface area (Å²) < 4.78 is 0. The minimum Gasteiger partial charge on any atom is -0.351 e. The van der Waals surface area contributed by atoms with Crippen molar-refractivity contribution in [3.63, 3.8) is 0 Å². The fourth-order valence-corrected chi connectivity index (χ4v) is 2.40. The Morgan fingerprint density at radius 1 is 1.25 bits per heavy atom. The Morgan fingerprint density at radius 2 is 1.95 bits per heavy atom. The van der Waals surface area contributed by atoms with E-state index in [2.05, 4.69) is 15.4 Å². The molecule has 0 saturated heterocycles. The number of hydrogen-bond acceptors (Lipinski definition) is 5. The Hall–Kier alpha value is -1.56. The minimum absolute atomic E-state index is 0.00160. The van der Waals surface area contributed by atoms with Crippen molar-refractivity contribution in [3.8, 4) is 0 Å². The number of nitrogen functional groups attached to an aromatic ring is 1. The summed E-state index contributed by atoms with van der Waals surface area (Å²) in [6, 6.07) is 7.67. The molecule has 0 spiro atoms. The molecule has 7 heteroatoms. The molecule has 0 amide bonds. The molecule has 1 aromatic carbocycles. The van der Waals surface area contributed by atoms with Crippen LogP contribution in [0.15, 0.2) is 30.5 Å². The second-order valence-electron chi connectivity index (χ2n) is 4.32. The van der Waals surface area contributed by atoms with Crippen LogP contribution >= 0.6 is 23.2 Å². The van der Waals surface area contributed by atoms with Gasteiger partial charge in [-0.05, 0) is 18.6 Å². The molecule has 0 aliphatic rings. The second kappa shape index (κ2) is 6.26. The first-order valence-corrected chi connectivity index (χ1v) is 6.76. The third-order valence-electron chi connectivity index (χ3n) is 3.13. The van der Waals surface area contributed by atoms with E-state index in [1.165, 1.54) is 6.20 Å². The van der Waals surface area contributed by atoms with Gasteiger partial charge in [0.2, 0.25) is 5.95 Å². The first kappa shape index (κ1) is 14.8. The zero-order chi connectivity index (χ0) is 14.7. The SMILES string of the molecule is CC(c1ccccc1Cl)N(C)c1nc(NN)ncc1Cl. The maximum absolute atomic E-state index is 6.22. The van der Waals surface area contributed by atoms with E-state index in [1.54, 1.807) is 0 Å². The van der Waals surface area contributed by atoms with E-state index in [1.807, 2.05) is 43.1 Å². The van der Waals surface area contributed by atoms with Crippen molar-refractivity contribution in [2.24, 2.45) is 5.84 Å². The summed E-state index contributed by atoms with van der Waals surface area (Å²) in [5, 5.41) is 1.15. The number of nitrogens with two attached hydrogens (primary N) is 1.